The highest BCUT2D eigenvalue weighted by Crippen LogP contribution is 2.20. The van der Waals surface area contributed by atoms with Crippen LogP contribution in [0.2, 0.25) is 0 Å². The predicted octanol–water partition coefficient (Wildman–Crippen LogP) is 6.35. The zero-order chi connectivity index (χ0) is 21.6. The van der Waals surface area contributed by atoms with Gasteiger partial charge in [0.2, 0.25) is 0 Å². The zero-order valence-electron chi connectivity index (χ0n) is 18.0. The van der Waals surface area contributed by atoms with Crippen molar-refractivity contribution in [3.05, 3.63) is 54.1 Å². The molecule has 2 aromatic rings. The molecule has 0 unspecified atom stereocenters. The van der Waals surface area contributed by atoms with Crippen molar-refractivity contribution in [3.63, 3.8) is 0 Å². The van der Waals surface area contributed by atoms with Crippen molar-refractivity contribution in [1.82, 2.24) is 0 Å². The number of ether oxygens (including phenoxy) is 3. The summed E-state index contributed by atoms with van der Waals surface area (Å²) in [6, 6.07) is 13.4. The number of carbonyl (C=O) groups excluding carboxylic acids is 2. The highest BCUT2D eigenvalue weighted by atomic mass is 16.5. The van der Waals surface area contributed by atoms with Gasteiger partial charge in [-0.1, -0.05) is 46.0 Å². The van der Waals surface area contributed by atoms with E-state index in [1.165, 1.54) is 19.3 Å². The zero-order valence-corrected chi connectivity index (χ0v) is 18.0. The van der Waals surface area contributed by atoms with Gasteiger partial charge in [0.15, 0.2) is 0 Å². The minimum Gasteiger partial charge on any atom is -0.494 e. The third-order valence-corrected chi connectivity index (χ3v) is 4.61. The van der Waals surface area contributed by atoms with E-state index in [4.69, 9.17) is 14.2 Å². The van der Waals surface area contributed by atoms with Crippen LogP contribution in [0.4, 0.5) is 0 Å². The molecular formula is C25H32O5. The van der Waals surface area contributed by atoms with Gasteiger partial charge < -0.3 is 14.2 Å². The van der Waals surface area contributed by atoms with Crippen LogP contribution >= 0.6 is 0 Å². The molecule has 0 aliphatic heterocycles. The summed E-state index contributed by atoms with van der Waals surface area (Å²) in [5, 5.41) is 0. The van der Waals surface area contributed by atoms with Crippen molar-refractivity contribution < 1.29 is 23.8 Å². The van der Waals surface area contributed by atoms with Gasteiger partial charge in [0.25, 0.3) is 0 Å². The molecule has 0 aliphatic rings. The number of hydrogen-bond acceptors (Lipinski definition) is 5. The molecule has 0 saturated carbocycles. The summed E-state index contributed by atoms with van der Waals surface area (Å²) in [6.07, 6.45) is 7.91. The highest BCUT2D eigenvalue weighted by molar-refractivity contribution is 5.91. The van der Waals surface area contributed by atoms with Crippen molar-refractivity contribution in [2.75, 3.05) is 6.61 Å². The standard InChI is InChI=1S/C25H32O5/c1-3-5-7-9-19-28-21-15-17-23(18-16-21)30-25(27)20-11-13-22(14-12-20)29-24(26)10-8-6-4-2/h11-18H,3-10,19H2,1-2H3. The topological polar surface area (TPSA) is 61.8 Å². The third kappa shape index (κ3) is 8.68. The molecule has 0 aliphatic carbocycles. The Morgan fingerprint density at radius 2 is 1.23 bits per heavy atom. The van der Waals surface area contributed by atoms with Crippen LogP contribution in [-0.4, -0.2) is 18.5 Å². The van der Waals surface area contributed by atoms with Crippen LogP contribution in [0.25, 0.3) is 0 Å². The second kappa shape index (κ2) is 13.4. The number of esters is 2. The van der Waals surface area contributed by atoms with Crippen LogP contribution in [0.15, 0.2) is 48.5 Å². The molecule has 2 rings (SSSR count). The Morgan fingerprint density at radius 1 is 0.667 bits per heavy atom. The molecule has 0 fully saturated rings. The first-order valence-corrected chi connectivity index (χ1v) is 10.9. The molecule has 0 amide bonds. The van der Waals surface area contributed by atoms with Crippen LogP contribution in [0.3, 0.4) is 0 Å². The maximum Gasteiger partial charge on any atom is 0.343 e. The molecule has 0 saturated heterocycles. The van der Waals surface area contributed by atoms with Gasteiger partial charge in [0, 0.05) is 6.42 Å². The fourth-order valence-electron chi connectivity index (χ4n) is 2.85. The van der Waals surface area contributed by atoms with Crippen molar-refractivity contribution in [2.45, 2.75) is 65.2 Å². The summed E-state index contributed by atoms with van der Waals surface area (Å²) in [6.45, 7) is 4.95. The Kier molecular flexibility index (Phi) is 10.5. The molecule has 0 heterocycles. The first kappa shape index (κ1) is 23.5. The van der Waals surface area contributed by atoms with E-state index < -0.39 is 5.97 Å². The van der Waals surface area contributed by atoms with Gasteiger partial charge in [-0.15, -0.1) is 0 Å². The second-order valence-electron chi connectivity index (χ2n) is 7.23. The molecule has 5 heteroatoms. The molecule has 2 aromatic carbocycles. The van der Waals surface area contributed by atoms with E-state index in [-0.39, 0.29) is 5.97 Å². The number of unbranched alkanes of at least 4 members (excludes halogenated alkanes) is 5. The van der Waals surface area contributed by atoms with Crippen LogP contribution < -0.4 is 14.2 Å². The Labute approximate surface area is 179 Å². The maximum absolute atomic E-state index is 12.3. The Morgan fingerprint density at radius 3 is 1.90 bits per heavy atom. The van der Waals surface area contributed by atoms with E-state index in [1.807, 2.05) is 0 Å². The minimum atomic E-state index is -0.468. The summed E-state index contributed by atoms with van der Waals surface area (Å²) >= 11 is 0. The van der Waals surface area contributed by atoms with Gasteiger partial charge in [0.1, 0.15) is 17.2 Å². The van der Waals surface area contributed by atoms with Crippen LogP contribution in [0.1, 0.15) is 75.6 Å². The summed E-state index contributed by atoms with van der Waals surface area (Å²) in [4.78, 5) is 24.1. The Balaban J connectivity index is 1.79. The van der Waals surface area contributed by atoms with E-state index in [0.29, 0.717) is 30.1 Å². The Hall–Kier alpha value is -2.82. The normalized spacial score (nSPS) is 10.5. The SMILES string of the molecule is CCCCCCOc1ccc(OC(=O)c2ccc(OC(=O)CCCCC)cc2)cc1. The number of rotatable bonds is 13. The summed E-state index contributed by atoms with van der Waals surface area (Å²) in [5.41, 5.74) is 0.386. The summed E-state index contributed by atoms with van der Waals surface area (Å²) in [7, 11) is 0. The molecule has 0 radical (unpaired) electrons. The first-order chi connectivity index (χ1) is 14.6. The number of hydrogen-bond donors (Lipinski definition) is 0. The van der Waals surface area contributed by atoms with Gasteiger partial charge in [-0.2, -0.15) is 0 Å². The van der Waals surface area contributed by atoms with Gasteiger partial charge in [0.05, 0.1) is 12.2 Å². The lowest BCUT2D eigenvalue weighted by molar-refractivity contribution is -0.134. The third-order valence-electron chi connectivity index (χ3n) is 4.61. The molecule has 162 valence electrons. The van der Waals surface area contributed by atoms with Gasteiger partial charge in [-0.3, -0.25) is 4.79 Å². The maximum atomic E-state index is 12.3. The molecule has 30 heavy (non-hydrogen) atoms. The molecule has 0 N–H and O–H groups in total. The van der Waals surface area contributed by atoms with Gasteiger partial charge in [-0.05, 0) is 61.4 Å². The smallest absolute Gasteiger partial charge is 0.343 e. The first-order valence-electron chi connectivity index (χ1n) is 10.9. The highest BCUT2D eigenvalue weighted by Gasteiger charge is 2.10. The van der Waals surface area contributed by atoms with Crippen LogP contribution in [0, 0.1) is 0 Å². The van der Waals surface area contributed by atoms with Gasteiger partial charge in [-0.25, -0.2) is 4.79 Å². The van der Waals surface area contributed by atoms with Crippen LogP contribution in [0.5, 0.6) is 17.2 Å². The lowest BCUT2D eigenvalue weighted by atomic mass is 10.2. The van der Waals surface area contributed by atoms with Crippen molar-refractivity contribution in [3.8, 4) is 17.2 Å². The molecule has 0 spiro atoms. The van der Waals surface area contributed by atoms with E-state index in [9.17, 15) is 9.59 Å². The largest absolute Gasteiger partial charge is 0.494 e. The molecule has 0 aromatic heterocycles. The van der Waals surface area contributed by atoms with E-state index >= 15 is 0 Å². The summed E-state index contributed by atoms with van der Waals surface area (Å²) in [5.74, 6) is 0.908. The molecule has 0 bridgehead atoms. The lowest BCUT2D eigenvalue weighted by Gasteiger charge is -2.08. The summed E-state index contributed by atoms with van der Waals surface area (Å²) < 4.78 is 16.4. The molecule has 0 atom stereocenters. The molecular weight excluding hydrogens is 380 g/mol. The predicted molar refractivity (Wildman–Crippen MR) is 117 cm³/mol. The number of carbonyl (C=O) groups is 2. The lowest BCUT2D eigenvalue weighted by Crippen LogP contribution is -2.10. The monoisotopic (exact) mass is 412 g/mol. The fraction of sp³-hybridized carbons (Fsp3) is 0.440. The molecule has 5 nitrogen and oxygen atoms in total. The van der Waals surface area contributed by atoms with E-state index in [2.05, 4.69) is 13.8 Å². The van der Waals surface area contributed by atoms with Gasteiger partial charge >= 0.3 is 11.9 Å². The average Bonchev–Trinajstić information content (AvgIpc) is 2.75. The number of benzene rings is 2. The quantitative estimate of drug-likeness (QED) is 0.218. The fourth-order valence-corrected chi connectivity index (χ4v) is 2.85. The van der Waals surface area contributed by atoms with E-state index in [1.54, 1.807) is 48.5 Å². The van der Waals surface area contributed by atoms with E-state index in [0.717, 1.165) is 31.4 Å². The van der Waals surface area contributed by atoms with Crippen molar-refractivity contribution in [2.24, 2.45) is 0 Å². The Bertz CT molecular complexity index is 765. The average molecular weight is 413 g/mol. The minimum absolute atomic E-state index is 0.258. The second-order valence-corrected chi connectivity index (χ2v) is 7.23. The van der Waals surface area contributed by atoms with Crippen molar-refractivity contribution >= 4 is 11.9 Å². The van der Waals surface area contributed by atoms with Crippen LogP contribution in [-0.2, 0) is 4.79 Å². The van der Waals surface area contributed by atoms with Crippen molar-refractivity contribution in [1.29, 1.82) is 0 Å².